The summed E-state index contributed by atoms with van der Waals surface area (Å²) in [5.74, 6) is -0.839. The number of carbonyl (C=O) groups excluding carboxylic acids is 1. The molecule has 2 aromatic carbocycles. The molecule has 0 spiro atoms. The van der Waals surface area contributed by atoms with E-state index >= 15 is 0 Å². The molecule has 0 bridgehead atoms. The van der Waals surface area contributed by atoms with Crippen LogP contribution in [0.1, 0.15) is 22.5 Å². The number of aromatic nitrogens is 2. The minimum Gasteiger partial charge on any atom is -0.458 e. The summed E-state index contributed by atoms with van der Waals surface area (Å²) < 4.78 is 20.1. The summed E-state index contributed by atoms with van der Waals surface area (Å²) in [7, 11) is 0. The maximum Gasteiger partial charge on any atom is 0.331 e. The van der Waals surface area contributed by atoms with E-state index in [2.05, 4.69) is 5.10 Å². The molecule has 3 rings (SSSR count). The molecule has 0 aliphatic heterocycles. The van der Waals surface area contributed by atoms with Gasteiger partial charge in [0.15, 0.2) is 0 Å². The summed E-state index contributed by atoms with van der Waals surface area (Å²) in [4.78, 5) is 11.9. The summed E-state index contributed by atoms with van der Waals surface area (Å²) in [6.45, 7) is 3.87. The fourth-order valence-corrected chi connectivity index (χ4v) is 2.70. The van der Waals surface area contributed by atoms with Gasteiger partial charge in [-0.25, -0.2) is 13.9 Å². The van der Waals surface area contributed by atoms with E-state index in [1.165, 1.54) is 18.2 Å². The number of hydrogen-bond donors (Lipinski definition) is 0. The van der Waals surface area contributed by atoms with Crippen molar-refractivity contribution in [2.75, 3.05) is 0 Å². The Morgan fingerprint density at radius 1 is 1.15 bits per heavy atom. The van der Waals surface area contributed by atoms with Crippen molar-refractivity contribution in [1.29, 1.82) is 0 Å². The van der Waals surface area contributed by atoms with Crippen molar-refractivity contribution < 1.29 is 13.9 Å². The minimum absolute atomic E-state index is 0.0299. The third kappa shape index (κ3) is 4.06. The normalized spacial score (nSPS) is 11.0. The Hall–Kier alpha value is -3.21. The van der Waals surface area contributed by atoms with Crippen molar-refractivity contribution in [3.05, 3.63) is 89.0 Å². The molecule has 0 aliphatic rings. The van der Waals surface area contributed by atoms with Crippen LogP contribution in [-0.2, 0) is 16.1 Å². The van der Waals surface area contributed by atoms with E-state index in [4.69, 9.17) is 4.74 Å². The first-order valence-electron chi connectivity index (χ1n) is 8.25. The monoisotopic (exact) mass is 350 g/mol. The molecule has 1 aromatic heterocycles. The highest BCUT2D eigenvalue weighted by molar-refractivity contribution is 5.87. The first-order chi connectivity index (χ1) is 12.5. The van der Waals surface area contributed by atoms with E-state index in [1.54, 1.807) is 18.2 Å². The Morgan fingerprint density at radius 2 is 1.92 bits per heavy atom. The molecule has 26 heavy (non-hydrogen) atoms. The molecule has 0 saturated heterocycles. The molecule has 0 saturated carbocycles. The number of carbonyl (C=O) groups is 1. The van der Waals surface area contributed by atoms with Crippen LogP contribution in [0.4, 0.5) is 4.39 Å². The lowest BCUT2D eigenvalue weighted by Gasteiger charge is -2.04. The van der Waals surface area contributed by atoms with Crippen LogP contribution in [0.15, 0.2) is 60.7 Å². The van der Waals surface area contributed by atoms with Crippen LogP contribution in [0, 0.1) is 19.7 Å². The van der Waals surface area contributed by atoms with Gasteiger partial charge < -0.3 is 4.74 Å². The molecular formula is C21H19FN2O2. The molecule has 0 atom stereocenters. The van der Waals surface area contributed by atoms with Gasteiger partial charge in [-0.2, -0.15) is 5.10 Å². The van der Waals surface area contributed by atoms with Crippen molar-refractivity contribution >= 4 is 12.0 Å². The van der Waals surface area contributed by atoms with Crippen LogP contribution in [0.3, 0.4) is 0 Å². The smallest absolute Gasteiger partial charge is 0.331 e. The van der Waals surface area contributed by atoms with Crippen LogP contribution in [0.25, 0.3) is 11.8 Å². The number of benzene rings is 2. The standard InChI is InChI=1S/C21H19FN2O2/c1-15-20(16(2)24(23-15)19-9-4-3-5-10-19)11-12-21(25)26-14-17-7-6-8-18(22)13-17/h3-13H,14H2,1-2H3/b12-11+. The van der Waals surface area contributed by atoms with Gasteiger partial charge in [-0.05, 0) is 49.8 Å². The van der Waals surface area contributed by atoms with Crippen molar-refractivity contribution in [1.82, 2.24) is 9.78 Å². The lowest BCUT2D eigenvalue weighted by atomic mass is 10.2. The number of halogens is 1. The highest BCUT2D eigenvalue weighted by Gasteiger charge is 2.11. The van der Waals surface area contributed by atoms with Gasteiger partial charge in [0, 0.05) is 17.3 Å². The molecule has 0 fully saturated rings. The van der Waals surface area contributed by atoms with E-state index in [9.17, 15) is 9.18 Å². The predicted octanol–water partition coefficient (Wildman–Crippen LogP) is 4.38. The summed E-state index contributed by atoms with van der Waals surface area (Å²) >= 11 is 0. The average Bonchev–Trinajstić information content (AvgIpc) is 2.93. The lowest BCUT2D eigenvalue weighted by Crippen LogP contribution is -2.01. The number of rotatable bonds is 5. The number of ether oxygens (including phenoxy) is 1. The number of hydrogen-bond acceptors (Lipinski definition) is 3. The maximum absolute atomic E-state index is 13.1. The summed E-state index contributed by atoms with van der Waals surface area (Å²) in [6.07, 6.45) is 3.07. The molecular weight excluding hydrogens is 331 g/mol. The second-order valence-electron chi connectivity index (χ2n) is 5.90. The molecule has 0 aliphatic carbocycles. The summed E-state index contributed by atoms with van der Waals surface area (Å²) in [5.41, 5.74) is 4.19. The molecule has 0 radical (unpaired) electrons. The van der Waals surface area contributed by atoms with Gasteiger partial charge in [0.05, 0.1) is 11.4 Å². The Bertz CT molecular complexity index is 946. The van der Waals surface area contributed by atoms with E-state index in [0.29, 0.717) is 5.56 Å². The van der Waals surface area contributed by atoms with Gasteiger partial charge in [-0.15, -0.1) is 0 Å². The Morgan fingerprint density at radius 3 is 2.65 bits per heavy atom. The minimum atomic E-state index is -0.486. The van der Waals surface area contributed by atoms with Gasteiger partial charge in [-0.3, -0.25) is 0 Å². The molecule has 0 unspecified atom stereocenters. The van der Waals surface area contributed by atoms with Gasteiger partial charge in [0.2, 0.25) is 0 Å². The van der Waals surface area contributed by atoms with Gasteiger partial charge in [0.1, 0.15) is 12.4 Å². The number of esters is 1. The molecule has 132 valence electrons. The van der Waals surface area contributed by atoms with Gasteiger partial charge >= 0.3 is 5.97 Å². The summed E-state index contributed by atoms with van der Waals surface area (Å²) in [5, 5.41) is 4.53. The van der Waals surface area contributed by atoms with E-state index in [-0.39, 0.29) is 12.4 Å². The Kier molecular flexibility index (Phi) is 5.27. The van der Waals surface area contributed by atoms with Crippen LogP contribution in [-0.4, -0.2) is 15.7 Å². The third-order valence-corrected chi connectivity index (χ3v) is 4.00. The van der Waals surface area contributed by atoms with Crippen LogP contribution in [0.5, 0.6) is 0 Å². The van der Waals surface area contributed by atoms with E-state index in [0.717, 1.165) is 22.6 Å². The summed E-state index contributed by atoms with van der Waals surface area (Å²) in [6, 6.07) is 15.8. The van der Waals surface area contributed by atoms with E-state index < -0.39 is 5.97 Å². The van der Waals surface area contributed by atoms with E-state index in [1.807, 2.05) is 48.9 Å². The predicted molar refractivity (Wildman–Crippen MR) is 98.3 cm³/mol. The average molecular weight is 350 g/mol. The fourth-order valence-electron chi connectivity index (χ4n) is 2.70. The molecule has 3 aromatic rings. The topological polar surface area (TPSA) is 44.1 Å². The largest absolute Gasteiger partial charge is 0.458 e. The van der Waals surface area contributed by atoms with Crippen LogP contribution >= 0.6 is 0 Å². The lowest BCUT2D eigenvalue weighted by molar-refractivity contribution is -0.138. The Labute approximate surface area is 151 Å². The first kappa shape index (κ1) is 17.6. The van der Waals surface area contributed by atoms with Crippen molar-refractivity contribution in [2.45, 2.75) is 20.5 Å². The second kappa shape index (κ2) is 7.78. The maximum atomic E-state index is 13.1. The third-order valence-electron chi connectivity index (χ3n) is 4.00. The van der Waals surface area contributed by atoms with Crippen LogP contribution < -0.4 is 0 Å². The highest BCUT2D eigenvalue weighted by atomic mass is 19.1. The Balaban J connectivity index is 1.70. The molecule has 4 nitrogen and oxygen atoms in total. The van der Waals surface area contributed by atoms with Crippen LogP contribution in [0.2, 0.25) is 0 Å². The molecule has 5 heteroatoms. The molecule has 0 amide bonds. The molecule has 1 heterocycles. The number of nitrogens with zero attached hydrogens (tertiary/aromatic N) is 2. The highest BCUT2D eigenvalue weighted by Crippen LogP contribution is 2.19. The molecule has 0 N–H and O–H groups in total. The quantitative estimate of drug-likeness (QED) is 0.506. The van der Waals surface area contributed by atoms with Crippen molar-refractivity contribution in [3.8, 4) is 5.69 Å². The zero-order valence-electron chi connectivity index (χ0n) is 14.6. The zero-order valence-corrected chi connectivity index (χ0v) is 14.6. The SMILES string of the molecule is Cc1nn(-c2ccccc2)c(C)c1/C=C/C(=O)OCc1cccc(F)c1. The second-order valence-corrected chi connectivity index (χ2v) is 5.90. The number of para-hydroxylation sites is 1. The first-order valence-corrected chi connectivity index (χ1v) is 8.25. The van der Waals surface area contributed by atoms with Gasteiger partial charge in [0.25, 0.3) is 0 Å². The van der Waals surface area contributed by atoms with Crippen molar-refractivity contribution in [2.24, 2.45) is 0 Å². The number of aryl methyl sites for hydroxylation is 1. The van der Waals surface area contributed by atoms with Gasteiger partial charge in [-0.1, -0.05) is 30.3 Å². The fraction of sp³-hybridized carbons (Fsp3) is 0.143. The zero-order chi connectivity index (χ0) is 18.5. The van der Waals surface area contributed by atoms with Crippen molar-refractivity contribution in [3.63, 3.8) is 0 Å².